The van der Waals surface area contributed by atoms with Gasteiger partial charge in [-0.25, -0.2) is 0 Å². The van der Waals surface area contributed by atoms with Crippen LogP contribution in [0.3, 0.4) is 0 Å². The van der Waals surface area contributed by atoms with Crippen molar-refractivity contribution in [2.45, 2.75) is 32.1 Å². The van der Waals surface area contributed by atoms with Crippen molar-refractivity contribution in [2.24, 2.45) is 5.92 Å². The minimum absolute atomic E-state index is 0.123. The van der Waals surface area contributed by atoms with Crippen molar-refractivity contribution in [1.82, 2.24) is 24.7 Å². The van der Waals surface area contributed by atoms with Crippen LogP contribution in [0.25, 0.3) is 17.1 Å². The summed E-state index contributed by atoms with van der Waals surface area (Å²) in [5.74, 6) is 1.54. The van der Waals surface area contributed by atoms with E-state index in [0.717, 1.165) is 25.0 Å². The van der Waals surface area contributed by atoms with Gasteiger partial charge in [0.25, 0.3) is 11.4 Å². The minimum Gasteiger partial charge on any atom is -0.494 e. The van der Waals surface area contributed by atoms with E-state index in [2.05, 4.69) is 20.2 Å². The van der Waals surface area contributed by atoms with Crippen molar-refractivity contribution in [3.05, 3.63) is 70.4 Å². The number of hydrogen-bond donors (Lipinski definition) is 1. The molecule has 1 aliphatic carbocycles. The van der Waals surface area contributed by atoms with E-state index in [1.54, 1.807) is 24.4 Å². The first-order valence-corrected chi connectivity index (χ1v) is 11.4. The lowest BCUT2D eigenvalue weighted by atomic mass is 10.1. The molecule has 180 valence electrons. The molecule has 0 atom stereocenters. The number of ether oxygens (including phenoxy) is 2. The molecule has 10 heteroatoms. The van der Waals surface area contributed by atoms with Crippen LogP contribution >= 0.6 is 0 Å². The van der Waals surface area contributed by atoms with Gasteiger partial charge in [0.05, 0.1) is 20.6 Å². The summed E-state index contributed by atoms with van der Waals surface area (Å²) in [6.07, 6.45) is 5.64. The van der Waals surface area contributed by atoms with Crippen LogP contribution < -0.4 is 15.0 Å². The van der Waals surface area contributed by atoms with Crippen LogP contribution in [0.2, 0.25) is 0 Å². The number of nitrogens with zero attached hydrogens (tertiary/aromatic N) is 5. The van der Waals surface area contributed by atoms with Crippen molar-refractivity contribution in [1.29, 1.82) is 0 Å². The fourth-order valence-electron chi connectivity index (χ4n) is 4.01. The van der Waals surface area contributed by atoms with Gasteiger partial charge in [-0.2, -0.15) is 4.98 Å². The summed E-state index contributed by atoms with van der Waals surface area (Å²) in [6.45, 7) is 0. The quantitative estimate of drug-likeness (QED) is 0.388. The molecule has 0 radical (unpaired) electrons. The minimum atomic E-state index is -0.556. The summed E-state index contributed by atoms with van der Waals surface area (Å²) < 4.78 is 18.3. The Bertz CT molecular complexity index is 1370. The summed E-state index contributed by atoms with van der Waals surface area (Å²) in [5, 5.41) is 18.9. The standard InChI is InChI=1S/C25H25N5O5/c1-33-17-7-5-8-18(34-2)22(17)30-19(12-11-15-9-10-15)27-23(31)21(25(30)32)24-29-28-20(35-24)14-16-6-3-4-13-26-16/h3-8,13,15,31H,9-12,14H2,1-2H3. The average Bonchev–Trinajstić information content (AvgIpc) is 3.60. The summed E-state index contributed by atoms with van der Waals surface area (Å²) in [5.41, 5.74) is 0.388. The number of para-hydroxylation sites is 1. The Labute approximate surface area is 201 Å². The van der Waals surface area contributed by atoms with Crippen LogP contribution in [-0.2, 0) is 12.8 Å². The van der Waals surface area contributed by atoms with Gasteiger partial charge in [0.15, 0.2) is 5.56 Å². The van der Waals surface area contributed by atoms with Crippen molar-refractivity contribution in [3.63, 3.8) is 0 Å². The molecule has 35 heavy (non-hydrogen) atoms. The molecular formula is C25H25N5O5. The molecule has 0 unspecified atom stereocenters. The number of aromatic hydroxyl groups is 1. The highest BCUT2D eigenvalue weighted by Gasteiger charge is 2.28. The smallest absolute Gasteiger partial charge is 0.275 e. The van der Waals surface area contributed by atoms with Gasteiger partial charge in [0.2, 0.25) is 11.8 Å². The molecule has 5 rings (SSSR count). The first-order chi connectivity index (χ1) is 17.1. The monoisotopic (exact) mass is 475 g/mol. The molecular weight excluding hydrogens is 450 g/mol. The number of pyridine rings is 1. The molecule has 0 saturated heterocycles. The molecule has 1 fully saturated rings. The second kappa shape index (κ2) is 9.57. The second-order valence-corrected chi connectivity index (χ2v) is 8.36. The molecule has 1 saturated carbocycles. The number of aromatic nitrogens is 5. The van der Waals surface area contributed by atoms with E-state index in [9.17, 15) is 9.90 Å². The van der Waals surface area contributed by atoms with Crippen LogP contribution in [0.4, 0.5) is 0 Å². The second-order valence-electron chi connectivity index (χ2n) is 8.36. The zero-order valence-corrected chi connectivity index (χ0v) is 19.5. The molecule has 10 nitrogen and oxygen atoms in total. The fraction of sp³-hybridized carbons (Fsp3) is 0.320. The van der Waals surface area contributed by atoms with Crippen molar-refractivity contribution >= 4 is 0 Å². The third kappa shape index (κ3) is 4.59. The first kappa shape index (κ1) is 22.6. The van der Waals surface area contributed by atoms with E-state index < -0.39 is 11.4 Å². The van der Waals surface area contributed by atoms with Crippen molar-refractivity contribution < 1.29 is 19.0 Å². The highest BCUT2D eigenvalue weighted by atomic mass is 16.5. The summed E-state index contributed by atoms with van der Waals surface area (Å²) >= 11 is 0. The maximum absolute atomic E-state index is 13.9. The molecule has 0 amide bonds. The number of methoxy groups -OCH3 is 2. The molecule has 4 aromatic rings. The van der Waals surface area contributed by atoms with E-state index >= 15 is 0 Å². The largest absolute Gasteiger partial charge is 0.494 e. The Balaban J connectivity index is 1.64. The molecule has 3 heterocycles. The van der Waals surface area contributed by atoms with Gasteiger partial charge >= 0.3 is 0 Å². The van der Waals surface area contributed by atoms with Gasteiger partial charge in [0.1, 0.15) is 23.0 Å². The van der Waals surface area contributed by atoms with Crippen LogP contribution in [-0.4, -0.2) is 44.1 Å². The van der Waals surface area contributed by atoms with E-state index in [1.165, 1.54) is 18.8 Å². The summed E-state index contributed by atoms with van der Waals surface area (Å²) in [4.78, 5) is 22.5. The summed E-state index contributed by atoms with van der Waals surface area (Å²) in [7, 11) is 3.04. The lowest BCUT2D eigenvalue weighted by Crippen LogP contribution is -2.26. The van der Waals surface area contributed by atoms with E-state index in [-0.39, 0.29) is 23.8 Å². The Kier molecular flexibility index (Phi) is 6.17. The zero-order valence-electron chi connectivity index (χ0n) is 19.5. The topological polar surface area (TPSA) is 125 Å². The maximum atomic E-state index is 13.9. The van der Waals surface area contributed by atoms with Gasteiger partial charge in [-0.1, -0.05) is 25.0 Å². The fourth-order valence-corrected chi connectivity index (χ4v) is 4.01. The lowest BCUT2D eigenvalue weighted by Gasteiger charge is -2.18. The van der Waals surface area contributed by atoms with Gasteiger partial charge in [0, 0.05) is 18.3 Å². The van der Waals surface area contributed by atoms with E-state index in [0.29, 0.717) is 35.3 Å². The third-order valence-corrected chi connectivity index (χ3v) is 5.97. The van der Waals surface area contributed by atoms with Gasteiger partial charge in [-0.15, -0.1) is 10.2 Å². The predicted molar refractivity (Wildman–Crippen MR) is 126 cm³/mol. The van der Waals surface area contributed by atoms with Gasteiger partial charge in [-0.05, 0) is 36.6 Å². The van der Waals surface area contributed by atoms with Gasteiger partial charge in [-0.3, -0.25) is 14.3 Å². The first-order valence-electron chi connectivity index (χ1n) is 11.4. The Hall–Kier alpha value is -4.21. The van der Waals surface area contributed by atoms with Crippen LogP contribution in [0.5, 0.6) is 17.4 Å². The lowest BCUT2D eigenvalue weighted by molar-refractivity contribution is 0.388. The Morgan fingerprint density at radius 3 is 2.51 bits per heavy atom. The SMILES string of the molecule is COc1cccc(OC)c1-n1c(CCC2CC2)nc(O)c(-c2nnc(Cc3ccccn3)o2)c1=O. The molecule has 1 N–H and O–H groups in total. The highest BCUT2D eigenvalue weighted by Crippen LogP contribution is 2.36. The molecule has 1 aliphatic rings. The number of rotatable bonds is 9. The Morgan fingerprint density at radius 2 is 1.86 bits per heavy atom. The molecule has 0 spiro atoms. The van der Waals surface area contributed by atoms with Crippen LogP contribution in [0, 0.1) is 5.92 Å². The Morgan fingerprint density at radius 1 is 1.09 bits per heavy atom. The van der Waals surface area contributed by atoms with E-state index in [1.807, 2.05) is 18.2 Å². The van der Waals surface area contributed by atoms with Crippen molar-refractivity contribution in [3.8, 4) is 34.5 Å². The average molecular weight is 476 g/mol. The molecule has 0 aliphatic heterocycles. The molecule has 3 aromatic heterocycles. The summed E-state index contributed by atoms with van der Waals surface area (Å²) in [6, 6.07) is 10.7. The number of aryl methyl sites for hydroxylation is 1. The number of hydrogen-bond acceptors (Lipinski definition) is 9. The van der Waals surface area contributed by atoms with Crippen LogP contribution in [0.15, 0.2) is 51.8 Å². The van der Waals surface area contributed by atoms with E-state index in [4.69, 9.17) is 13.9 Å². The zero-order chi connectivity index (χ0) is 24.4. The van der Waals surface area contributed by atoms with Crippen LogP contribution in [0.1, 0.15) is 36.7 Å². The maximum Gasteiger partial charge on any atom is 0.275 e. The predicted octanol–water partition coefficient (Wildman–Crippen LogP) is 3.33. The van der Waals surface area contributed by atoms with Gasteiger partial charge < -0.3 is 19.0 Å². The van der Waals surface area contributed by atoms with Crippen molar-refractivity contribution in [2.75, 3.05) is 14.2 Å². The normalized spacial score (nSPS) is 13.1. The highest BCUT2D eigenvalue weighted by molar-refractivity contribution is 5.63. The molecule has 0 bridgehead atoms. The number of benzene rings is 1. The third-order valence-electron chi connectivity index (χ3n) is 5.97. The molecule has 1 aromatic carbocycles.